The molecule has 10 atom stereocenters. The van der Waals surface area contributed by atoms with Crippen molar-refractivity contribution in [3.8, 4) is 5.75 Å². The number of carbonyl (C=O) groups is 3. The molecule has 17 nitrogen and oxygen atoms in total. The lowest BCUT2D eigenvalue weighted by atomic mass is 9.47. The van der Waals surface area contributed by atoms with Gasteiger partial charge in [0.05, 0.1) is 33.0 Å². The van der Waals surface area contributed by atoms with E-state index in [2.05, 4.69) is 39.1 Å². The number of carbonyl (C=O) groups excluding carboxylic acids is 3. The van der Waals surface area contributed by atoms with Gasteiger partial charge in [-0.15, -0.1) is 0 Å². The molecule has 65 heavy (non-hydrogen) atoms. The predicted molar refractivity (Wildman–Crippen MR) is 241 cm³/mol. The number of hydrogen-bond donors (Lipinski definition) is 5. The Labute approximate surface area is 380 Å². The number of aliphatic hydroxyl groups is 2. The van der Waals surface area contributed by atoms with Gasteiger partial charge in [0.25, 0.3) is 0 Å². The highest BCUT2D eigenvalue weighted by molar-refractivity contribution is 7.79. The number of ether oxygens (including phenoxy) is 4. The number of likely N-dealkylation sites (N-methyl/N-ethyl adjacent to an activating group) is 1. The van der Waals surface area contributed by atoms with Crippen LogP contribution in [0.15, 0.2) is 48.6 Å². The van der Waals surface area contributed by atoms with Crippen LogP contribution in [-0.4, -0.2) is 151 Å². The second-order valence-corrected chi connectivity index (χ2v) is 19.5. The van der Waals surface area contributed by atoms with Crippen LogP contribution in [0.2, 0.25) is 0 Å². The zero-order chi connectivity index (χ0) is 46.4. The van der Waals surface area contributed by atoms with E-state index < -0.39 is 67.9 Å². The van der Waals surface area contributed by atoms with Crippen molar-refractivity contribution in [1.82, 2.24) is 14.8 Å². The fourth-order valence-electron chi connectivity index (χ4n) is 13.5. The molecule has 2 bridgehead atoms. The number of aromatic nitrogens is 1. The highest BCUT2D eigenvalue weighted by Crippen LogP contribution is 2.68. The van der Waals surface area contributed by atoms with E-state index in [1.165, 1.54) is 21.1 Å². The Morgan fingerprint density at radius 3 is 2.26 bits per heavy atom. The molecular weight excluding hydrogens is 861 g/mol. The van der Waals surface area contributed by atoms with Crippen molar-refractivity contribution in [3.63, 3.8) is 0 Å². The van der Waals surface area contributed by atoms with E-state index in [1.807, 2.05) is 50.1 Å². The largest absolute Gasteiger partial charge is 0.496 e. The Morgan fingerprint density at radius 2 is 1.63 bits per heavy atom. The molecule has 6 heterocycles. The monoisotopic (exact) mass is 924 g/mol. The summed E-state index contributed by atoms with van der Waals surface area (Å²) in [4.78, 5) is 53.2. The lowest BCUT2D eigenvalue weighted by Gasteiger charge is -2.63. The van der Waals surface area contributed by atoms with Crippen LogP contribution in [0.4, 0.5) is 5.69 Å². The van der Waals surface area contributed by atoms with E-state index in [0.29, 0.717) is 82.6 Å². The zero-order valence-electron chi connectivity index (χ0n) is 37.4. The molecule has 3 fully saturated rings. The molecule has 5 aliphatic heterocycles. The number of hydrogen-bond acceptors (Lipinski definition) is 14. The number of benzene rings is 2. The first kappa shape index (κ1) is 48.4. The average molecular weight is 925 g/mol. The number of esters is 3. The van der Waals surface area contributed by atoms with Gasteiger partial charge in [-0.3, -0.25) is 28.5 Å². The maximum atomic E-state index is 15.3. The first-order chi connectivity index (χ1) is 30.2. The Bertz CT molecular complexity index is 2500. The summed E-state index contributed by atoms with van der Waals surface area (Å²) in [6.07, 6.45) is 5.94. The van der Waals surface area contributed by atoms with Crippen LogP contribution in [0, 0.1) is 11.3 Å². The molecule has 0 amide bonds. The van der Waals surface area contributed by atoms with Crippen molar-refractivity contribution >= 4 is 44.9 Å². The number of nitrogens with one attached hydrogen (secondary N) is 1. The van der Waals surface area contributed by atoms with Gasteiger partial charge in [0.15, 0.2) is 6.10 Å². The van der Waals surface area contributed by atoms with Gasteiger partial charge in [-0.05, 0) is 74.2 Å². The molecule has 0 radical (unpaired) electrons. The smallest absolute Gasteiger partial charge is 0.394 e. The average Bonchev–Trinajstić information content (AvgIpc) is 3.92. The number of rotatable bonds is 7. The summed E-state index contributed by atoms with van der Waals surface area (Å²) < 4.78 is 55.5. The van der Waals surface area contributed by atoms with E-state index in [9.17, 15) is 19.8 Å². The molecule has 18 heteroatoms. The molecule has 2 aromatic carbocycles. The second-order valence-electron chi connectivity index (χ2n) is 18.7. The molecule has 1 unspecified atom stereocenters. The van der Waals surface area contributed by atoms with Crippen LogP contribution in [0.1, 0.15) is 82.7 Å². The predicted octanol–water partition coefficient (Wildman–Crippen LogP) is 3.97. The van der Waals surface area contributed by atoms with Gasteiger partial charge >= 0.3 is 28.3 Å². The molecule has 9 rings (SSSR count). The standard InChI is InChI=1S/C46H58N4O9.CH4.H2O4S/c1-8-42(54)23-28-24-45(40(52)57-6,36-30(15-19-49(25-28)26-42)29-13-10-11-14-33(29)47-36)32-21-31-34(22-35(32)56-5)48(4)38-44(31)17-20-50-18-12-16-43(9-2,37(44)50)39(59-27(3)51)46(38,55)41(53)58-7;;1-5(2,3)4/h10-14,16,21-22,28,37-39,47,54-55H,8-9,15,17-20,23-26H2,1-7H3;1H4;(H2,1,2,3,4)/t28-,37-,38+,39+,42-,43+,44+,45-,46-;;/m0../s1. The van der Waals surface area contributed by atoms with Crippen LogP contribution in [-0.2, 0) is 56.2 Å². The molecule has 3 aromatic rings. The molecule has 6 aliphatic rings. The van der Waals surface area contributed by atoms with Gasteiger partial charge in [0.2, 0.25) is 5.60 Å². The van der Waals surface area contributed by atoms with Crippen molar-refractivity contribution < 1.29 is 61.1 Å². The van der Waals surface area contributed by atoms with E-state index in [1.54, 1.807) is 7.11 Å². The van der Waals surface area contributed by atoms with Crippen molar-refractivity contribution in [2.45, 2.75) is 107 Å². The maximum Gasteiger partial charge on any atom is 0.394 e. The molecule has 2 saturated heterocycles. The van der Waals surface area contributed by atoms with E-state index in [4.69, 9.17) is 36.5 Å². The Hall–Kier alpha value is -4.56. The van der Waals surface area contributed by atoms with Crippen LogP contribution < -0.4 is 9.64 Å². The summed E-state index contributed by atoms with van der Waals surface area (Å²) in [6, 6.07) is 11.0. The van der Waals surface area contributed by atoms with Gasteiger partial charge in [-0.1, -0.05) is 51.6 Å². The minimum atomic E-state index is -4.67. The molecule has 1 aromatic heterocycles. The van der Waals surface area contributed by atoms with Gasteiger partial charge in [-0.2, -0.15) is 8.42 Å². The van der Waals surface area contributed by atoms with Crippen LogP contribution in [0.3, 0.4) is 0 Å². The highest BCUT2D eigenvalue weighted by Gasteiger charge is 2.80. The number of para-hydroxylation sites is 1. The normalized spacial score (nSPS) is 34.4. The summed E-state index contributed by atoms with van der Waals surface area (Å²) >= 11 is 0. The minimum Gasteiger partial charge on any atom is -0.496 e. The van der Waals surface area contributed by atoms with E-state index >= 15 is 4.79 Å². The molecular formula is C47H64N4O13S. The fourth-order valence-corrected chi connectivity index (χ4v) is 13.5. The number of anilines is 1. The number of H-pyrrole nitrogens is 1. The second kappa shape index (κ2) is 16.9. The molecule has 356 valence electrons. The van der Waals surface area contributed by atoms with Crippen LogP contribution in [0.5, 0.6) is 5.75 Å². The van der Waals surface area contributed by atoms with Gasteiger partial charge in [-0.25, -0.2) is 4.79 Å². The van der Waals surface area contributed by atoms with E-state index in [-0.39, 0.29) is 19.4 Å². The number of aromatic amines is 1. The maximum absolute atomic E-state index is 15.3. The Kier molecular flexibility index (Phi) is 12.6. The third-order valence-corrected chi connectivity index (χ3v) is 15.6. The highest BCUT2D eigenvalue weighted by atomic mass is 32.3. The van der Waals surface area contributed by atoms with Crippen molar-refractivity contribution in [2.24, 2.45) is 11.3 Å². The lowest BCUT2D eigenvalue weighted by molar-refractivity contribution is -0.228. The summed E-state index contributed by atoms with van der Waals surface area (Å²) in [5.74, 6) is -1.56. The van der Waals surface area contributed by atoms with Gasteiger partial charge in [0.1, 0.15) is 11.2 Å². The van der Waals surface area contributed by atoms with Crippen LogP contribution in [0.25, 0.3) is 10.9 Å². The first-order valence-electron chi connectivity index (χ1n) is 21.9. The molecule has 1 aliphatic carbocycles. The summed E-state index contributed by atoms with van der Waals surface area (Å²) in [5.41, 5.74) is -1.62. The van der Waals surface area contributed by atoms with Crippen molar-refractivity contribution in [3.05, 3.63) is 70.9 Å². The van der Waals surface area contributed by atoms with Crippen LogP contribution >= 0.6 is 0 Å². The third-order valence-electron chi connectivity index (χ3n) is 15.6. The number of piperidine rings is 1. The summed E-state index contributed by atoms with van der Waals surface area (Å²) in [7, 11) is 1.49. The number of nitrogens with zero attached hydrogens (tertiary/aromatic N) is 3. The summed E-state index contributed by atoms with van der Waals surface area (Å²) in [6.45, 7) is 8.62. The van der Waals surface area contributed by atoms with E-state index in [0.717, 1.165) is 33.4 Å². The molecule has 1 saturated carbocycles. The zero-order valence-corrected chi connectivity index (χ0v) is 38.2. The molecule has 5 N–H and O–H groups in total. The minimum absolute atomic E-state index is 0. The number of methoxy groups -OCH3 is 3. The van der Waals surface area contributed by atoms with Gasteiger partial charge < -0.3 is 39.0 Å². The SMILES string of the molecule is C.CC[C@]1(O)C[C@@H]2CN(CCc3c([nH]c4ccccc34)[C@@](C(=O)OC)(c3cc4c(cc3OC)N(C)[C@H]3[C@@](O)(C(=O)OC)[C@H](OC(C)=O)[C@]5(CC)C=CCN6CC[C@]43[C@@H]65)C2)C1.O=S(=O)(O)O. The Balaban J connectivity index is 0.000000997. The summed E-state index contributed by atoms with van der Waals surface area (Å²) in [5, 5.41) is 26.3. The lowest BCUT2D eigenvalue weighted by Crippen LogP contribution is -2.81. The fraction of sp³-hybridized carbons (Fsp3) is 0.596. The van der Waals surface area contributed by atoms with Crippen molar-refractivity contribution in [2.75, 3.05) is 66.0 Å². The first-order valence-corrected chi connectivity index (χ1v) is 23.3. The topological polar surface area (TPSA) is 229 Å². The van der Waals surface area contributed by atoms with Crippen molar-refractivity contribution in [1.29, 1.82) is 0 Å². The third kappa shape index (κ3) is 7.17. The Morgan fingerprint density at radius 1 is 0.938 bits per heavy atom. The quantitative estimate of drug-likeness (QED) is 0.0978. The molecule has 1 spiro atoms. The van der Waals surface area contributed by atoms with Gasteiger partial charge in [0, 0.05) is 90.9 Å². The number of fused-ring (bicyclic) bond motifs is 6.